The zero-order valence-corrected chi connectivity index (χ0v) is 54.6. The number of hydrogen-bond donors (Lipinski definition) is 2. The molecule has 4 bridgehead atoms. The molecule has 500 valence electrons. The number of halogens is 4. The van der Waals surface area contributed by atoms with E-state index in [1.165, 1.54) is 36.4 Å². The highest BCUT2D eigenvalue weighted by Crippen LogP contribution is 2.44. The van der Waals surface area contributed by atoms with E-state index >= 15 is 8.78 Å². The molecule has 0 radical (unpaired) electrons. The molecule has 6 fully saturated rings. The number of carbonyl (C=O) groups is 1. The first-order valence-electron chi connectivity index (χ1n) is 32.7. The van der Waals surface area contributed by atoms with Crippen molar-refractivity contribution in [2.75, 3.05) is 76.4 Å². The molecule has 4 aromatic heterocycles. The molecule has 10 aromatic rings. The summed E-state index contributed by atoms with van der Waals surface area (Å²) in [5.74, 6) is -1.15. The number of nitrogens with one attached hydrogen (secondary N) is 2. The molecule has 0 aliphatic carbocycles. The topological polar surface area (TPSA) is 255 Å². The molecule has 10 heterocycles. The largest absolute Gasteiger partial charge is 0.519 e. The lowest BCUT2D eigenvalue weighted by molar-refractivity contribution is -0.385. The van der Waals surface area contributed by atoms with Gasteiger partial charge in [-0.1, -0.05) is 83.9 Å². The lowest BCUT2D eigenvalue weighted by Gasteiger charge is -2.34. The van der Waals surface area contributed by atoms with E-state index in [9.17, 15) is 25.0 Å². The van der Waals surface area contributed by atoms with Crippen LogP contribution in [0.4, 0.5) is 36.6 Å². The number of nitrogens with zero attached hydrogens (tertiary/aromatic N) is 12. The van der Waals surface area contributed by atoms with Crippen molar-refractivity contribution in [1.29, 1.82) is 0 Å². The summed E-state index contributed by atoms with van der Waals surface area (Å²) >= 11 is 13.5. The Morgan fingerprint density at radius 2 is 0.959 bits per heavy atom. The molecule has 4 unspecified atom stereocenters. The zero-order chi connectivity index (χ0) is 67.2. The fourth-order valence-electron chi connectivity index (χ4n) is 15.6. The number of likely N-dealkylation sites (tertiary alicyclic amines) is 2. The molecule has 0 saturated carbocycles. The van der Waals surface area contributed by atoms with Gasteiger partial charge in [-0.3, -0.25) is 40.0 Å². The van der Waals surface area contributed by atoms with E-state index in [0.29, 0.717) is 118 Å². The maximum absolute atomic E-state index is 17.3. The van der Waals surface area contributed by atoms with Crippen LogP contribution in [0.1, 0.15) is 61.5 Å². The molecule has 2 N–H and O–H groups in total. The van der Waals surface area contributed by atoms with E-state index in [0.717, 1.165) is 36.5 Å². The van der Waals surface area contributed by atoms with Gasteiger partial charge in [0.2, 0.25) is 0 Å². The van der Waals surface area contributed by atoms with Gasteiger partial charge in [-0.05, 0) is 87.7 Å². The monoisotopic (exact) mass is 1360 g/mol. The quantitative estimate of drug-likeness (QED) is 0.0394. The Balaban J connectivity index is 0.635. The number of anilines is 2. The summed E-state index contributed by atoms with van der Waals surface area (Å²) in [5.41, 5.74) is 1.51. The second kappa shape index (κ2) is 25.7. The number of non-ortho nitro benzene ring substituents is 2. The number of fused-ring (bicyclic) bond motifs is 8. The molecule has 6 aliphatic rings. The minimum atomic E-state index is -1.18. The molecule has 98 heavy (non-hydrogen) atoms. The Bertz CT molecular complexity index is 4570. The zero-order valence-electron chi connectivity index (χ0n) is 53.1. The molecule has 0 amide bonds. The van der Waals surface area contributed by atoms with Crippen molar-refractivity contribution in [2.45, 2.75) is 86.6 Å². The van der Waals surface area contributed by atoms with Gasteiger partial charge in [-0.2, -0.15) is 19.9 Å². The normalized spacial score (nSPS) is 22.4. The fourth-order valence-corrected chi connectivity index (χ4v) is 16.2. The van der Waals surface area contributed by atoms with Gasteiger partial charge in [-0.25, -0.2) is 13.6 Å². The number of hydrogen-bond acceptors (Lipinski definition) is 21. The van der Waals surface area contributed by atoms with Gasteiger partial charge in [0.05, 0.1) is 20.6 Å². The number of rotatable bonds is 16. The van der Waals surface area contributed by atoms with Gasteiger partial charge >= 0.3 is 18.2 Å². The van der Waals surface area contributed by atoms with E-state index < -0.39 is 39.5 Å². The van der Waals surface area contributed by atoms with E-state index in [-0.39, 0.29) is 107 Å². The van der Waals surface area contributed by atoms with Crippen molar-refractivity contribution in [2.24, 2.45) is 0 Å². The standard InChI is InChI=1S/C71H64Cl2F2N14O9/c1-84-29-39(23-47(84)35-95-69-80-65-53(67(82-69)86-31-41-15-16-42(32-86)78-41)27-76-63(61(65)74)49-11-3-7-37-9-5-13-55(72)59(37)49)51-25-45(88(91)92)19-21-57(51)97-71(90)98-58-22-20-46(89(93)94)26-52(58)40-24-48(85(2)30-40)36-96-70-81-66-54(68(83-70)87-33-43-17-18-44(34-87)79-43)28-77-64(62(66)75)50-12-4-8-38-10-6-14-56(73)60(38)50/h3-14,19-22,25-28,39-44,47-48,78-79H,15-18,23-24,29-36H2,1-2H3/t39?,40?,41-,42+,43-,44+,47?,48?. The Morgan fingerprint density at radius 3 is 1.36 bits per heavy atom. The minimum Gasteiger partial charge on any atom is -0.462 e. The Kier molecular flexibility index (Phi) is 16.5. The molecule has 6 aliphatic heterocycles. The van der Waals surface area contributed by atoms with Crippen LogP contribution in [0.25, 0.3) is 65.9 Å². The molecular weight excluding hydrogens is 1300 g/mol. The summed E-state index contributed by atoms with van der Waals surface area (Å²) < 4.78 is 59.4. The van der Waals surface area contributed by atoms with E-state index in [1.54, 1.807) is 36.7 Å². The summed E-state index contributed by atoms with van der Waals surface area (Å²) in [6.07, 6.45) is 6.80. The second-order valence-corrected chi connectivity index (χ2v) is 27.3. The van der Waals surface area contributed by atoms with Gasteiger partial charge in [0.15, 0.2) is 11.6 Å². The van der Waals surface area contributed by atoms with Crippen LogP contribution >= 0.6 is 23.2 Å². The molecule has 27 heteroatoms. The van der Waals surface area contributed by atoms with Crippen molar-refractivity contribution in [3.63, 3.8) is 0 Å². The van der Waals surface area contributed by atoms with Crippen molar-refractivity contribution >= 4 is 95.7 Å². The Morgan fingerprint density at radius 1 is 0.561 bits per heavy atom. The lowest BCUT2D eigenvalue weighted by Crippen LogP contribution is -2.51. The molecule has 6 aromatic carbocycles. The van der Waals surface area contributed by atoms with Crippen LogP contribution in [0.5, 0.6) is 23.5 Å². The smallest absolute Gasteiger partial charge is 0.462 e. The summed E-state index contributed by atoms with van der Waals surface area (Å²) in [4.78, 5) is 74.8. The van der Waals surface area contributed by atoms with E-state index in [1.807, 2.05) is 72.4 Å². The van der Waals surface area contributed by atoms with Gasteiger partial charge in [0.25, 0.3) is 11.4 Å². The van der Waals surface area contributed by atoms with Crippen LogP contribution in [0.3, 0.4) is 0 Å². The predicted octanol–water partition coefficient (Wildman–Crippen LogP) is 12.6. The summed E-state index contributed by atoms with van der Waals surface area (Å²) in [6.45, 7) is 3.37. The van der Waals surface area contributed by atoms with Crippen LogP contribution in [0.15, 0.2) is 122 Å². The highest BCUT2D eigenvalue weighted by Gasteiger charge is 2.40. The lowest BCUT2D eigenvalue weighted by atomic mass is 9.95. The van der Waals surface area contributed by atoms with Gasteiger partial charge in [0, 0.05) is 167 Å². The van der Waals surface area contributed by atoms with E-state index in [2.05, 4.69) is 30.4 Å². The number of aromatic nitrogens is 6. The van der Waals surface area contributed by atoms with Crippen LogP contribution in [-0.4, -0.2) is 159 Å². The number of carbonyl (C=O) groups excluding carboxylic acids is 1. The van der Waals surface area contributed by atoms with Crippen LogP contribution < -0.4 is 39.4 Å². The molecule has 16 rings (SSSR count). The van der Waals surface area contributed by atoms with Gasteiger partial charge < -0.3 is 39.4 Å². The SMILES string of the molecule is CN1CC(c2cc([N+](=O)[O-])ccc2OC(=O)Oc2ccc([N+](=O)[O-])cc2C2CC(COc3nc(N4C[C@H]5CC[C@@H](C4)N5)c4cnc(-c5cccc6cccc(Cl)c56)c(F)c4n3)N(C)C2)CC1COc1nc(N2C[C@H]3CC[C@@H](C2)N3)c2cnc(-c3cccc4cccc(Cl)c34)c(F)c2n1. The molecule has 8 atom stereocenters. The molecular formula is C71H64Cl2F2N14O9. The third kappa shape index (κ3) is 11.9. The summed E-state index contributed by atoms with van der Waals surface area (Å²) in [6, 6.07) is 30.1. The number of nitro groups is 2. The second-order valence-electron chi connectivity index (χ2n) is 26.5. The molecule has 23 nitrogen and oxygen atoms in total. The average molecular weight is 1370 g/mol. The first kappa shape index (κ1) is 63.1. The number of nitro benzene ring substituents is 2. The average Bonchev–Trinajstić information content (AvgIpc) is 0.858. The highest BCUT2D eigenvalue weighted by atomic mass is 35.5. The number of piperazine rings is 2. The van der Waals surface area contributed by atoms with Crippen LogP contribution in [0.2, 0.25) is 10.0 Å². The highest BCUT2D eigenvalue weighted by molar-refractivity contribution is 6.37. The predicted molar refractivity (Wildman–Crippen MR) is 366 cm³/mol. The molecule has 6 saturated heterocycles. The molecule has 0 spiro atoms. The number of ether oxygens (including phenoxy) is 4. The third-order valence-electron chi connectivity index (χ3n) is 20.4. The Hall–Kier alpha value is -9.63. The third-order valence-corrected chi connectivity index (χ3v) is 21.0. The number of likely N-dealkylation sites (N-methyl/N-ethyl adjacent to an activating group) is 2. The van der Waals surface area contributed by atoms with E-state index in [4.69, 9.17) is 62.1 Å². The van der Waals surface area contributed by atoms with Crippen molar-refractivity contribution in [3.8, 4) is 46.0 Å². The maximum atomic E-state index is 17.3. The van der Waals surface area contributed by atoms with Crippen molar-refractivity contribution in [1.82, 2.24) is 50.3 Å². The Labute approximate surface area is 569 Å². The first-order chi connectivity index (χ1) is 47.5. The number of pyridine rings is 2. The van der Waals surface area contributed by atoms with Gasteiger partial charge in [0.1, 0.15) is 58.8 Å². The maximum Gasteiger partial charge on any atom is 0.519 e. The first-order valence-corrected chi connectivity index (χ1v) is 33.5. The fraction of sp³-hybridized carbons (Fsp3) is 0.338. The van der Waals surface area contributed by atoms with Crippen molar-refractivity contribution in [3.05, 3.63) is 175 Å². The summed E-state index contributed by atoms with van der Waals surface area (Å²) in [7, 11) is 3.76. The minimum absolute atomic E-state index is 0.00964. The summed E-state index contributed by atoms with van der Waals surface area (Å²) in [5, 5.41) is 36.7. The number of benzene rings is 6. The van der Waals surface area contributed by atoms with Crippen LogP contribution in [-0.2, 0) is 0 Å². The van der Waals surface area contributed by atoms with Crippen LogP contribution in [0, 0.1) is 31.9 Å². The van der Waals surface area contributed by atoms with Gasteiger partial charge in [-0.15, -0.1) is 0 Å². The van der Waals surface area contributed by atoms with Crippen molar-refractivity contribution < 1.29 is 42.4 Å².